The quantitative estimate of drug-likeness (QED) is 0.0346. The molecule has 1 N–H and O–H groups in total. The fraction of sp³-hybridized carbons (Fsp3) is 0.484. The predicted molar refractivity (Wildman–Crippen MR) is 296 cm³/mol. The minimum Gasteiger partial charge on any atom is -0.459 e. The van der Waals surface area contributed by atoms with E-state index in [1.165, 1.54) is 38.5 Å². The molecule has 10 nitrogen and oxygen atoms in total. The van der Waals surface area contributed by atoms with E-state index < -0.39 is 11.2 Å². The van der Waals surface area contributed by atoms with Gasteiger partial charge in [0.15, 0.2) is 0 Å². The molecule has 0 aliphatic rings. The van der Waals surface area contributed by atoms with Crippen molar-refractivity contribution in [3.8, 4) is 0 Å². The van der Waals surface area contributed by atoms with Gasteiger partial charge in [-0.1, -0.05) is 161 Å². The van der Waals surface area contributed by atoms with Gasteiger partial charge in [0.2, 0.25) is 11.8 Å². The van der Waals surface area contributed by atoms with E-state index in [1.54, 1.807) is 11.9 Å². The summed E-state index contributed by atoms with van der Waals surface area (Å²) in [5, 5.41) is 12.2. The van der Waals surface area contributed by atoms with Gasteiger partial charge in [-0.2, -0.15) is 0 Å². The Morgan fingerprint density at radius 3 is 0.986 bits per heavy atom. The number of fused-ring (bicyclic) bond motifs is 4. The lowest BCUT2D eigenvalue weighted by molar-refractivity contribution is -0.153. The van der Waals surface area contributed by atoms with Gasteiger partial charge in [0.25, 0.3) is 0 Å². The Morgan fingerprint density at radius 1 is 0.403 bits per heavy atom. The van der Waals surface area contributed by atoms with Crippen molar-refractivity contribution in [3.05, 3.63) is 119 Å². The second kappa shape index (κ2) is 26.1. The van der Waals surface area contributed by atoms with Crippen molar-refractivity contribution in [2.45, 2.75) is 169 Å². The van der Waals surface area contributed by atoms with E-state index in [-0.39, 0.29) is 30.4 Å². The van der Waals surface area contributed by atoms with Crippen molar-refractivity contribution in [2.75, 3.05) is 27.7 Å². The summed E-state index contributed by atoms with van der Waals surface area (Å²) >= 11 is 0. The Kier molecular flexibility index (Phi) is 20.1. The van der Waals surface area contributed by atoms with Gasteiger partial charge in [-0.05, 0) is 120 Å². The summed E-state index contributed by atoms with van der Waals surface area (Å²) in [6.45, 7) is 13.4. The van der Waals surface area contributed by atoms with E-state index >= 15 is 0 Å². The average Bonchev–Trinajstić information content (AvgIpc) is 3.34. The Labute approximate surface area is 429 Å². The summed E-state index contributed by atoms with van der Waals surface area (Å²) in [6.07, 6.45) is 14.4. The van der Waals surface area contributed by atoms with Crippen molar-refractivity contribution < 1.29 is 28.7 Å². The van der Waals surface area contributed by atoms with Crippen LogP contribution >= 0.6 is 0 Å². The molecule has 0 bridgehead atoms. The Balaban J connectivity index is 0.856. The third-order valence-electron chi connectivity index (χ3n) is 13.6. The number of ether oxygens (including phenoxy) is 2. The molecule has 386 valence electrons. The average molecular weight is 979 g/mol. The molecule has 0 unspecified atom stereocenters. The first-order valence-electron chi connectivity index (χ1n) is 26.6. The zero-order valence-electron chi connectivity index (χ0n) is 45.0. The molecule has 0 fully saturated rings. The fourth-order valence-electron chi connectivity index (χ4n) is 9.98. The SMILES string of the molecule is CN(Cc1c2ccccc2c(CNCC(=O)OC(C)(C)C)c2ccccc12)C(=O)CCCCCCCCCCCCCCC(=O)N(C)Cc1c2ccccc2c(CN(C)C(=O)OC(C)(C)C)c2ccccc12. The molecular weight excluding hydrogens is 897 g/mol. The maximum Gasteiger partial charge on any atom is 0.410 e. The molecule has 3 amide bonds. The van der Waals surface area contributed by atoms with Crippen molar-refractivity contribution in [1.29, 1.82) is 0 Å². The lowest BCUT2D eigenvalue weighted by Gasteiger charge is -2.26. The number of nitrogens with zero attached hydrogens (tertiary/aromatic N) is 3. The monoisotopic (exact) mass is 979 g/mol. The number of unbranched alkanes of at least 4 members (excludes halogenated alkanes) is 11. The molecule has 0 aliphatic heterocycles. The maximum atomic E-state index is 13.4. The Morgan fingerprint density at radius 2 is 0.681 bits per heavy atom. The summed E-state index contributed by atoms with van der Waals surface area (Å²) in [7, 11) is 5.62. The Hall–Kier alpha value is -6.00. The highest BCUT2D eigenvalue weighted by Crippen LogP contribution is 2.36. The summed E-state index contributed by atoms with van der Waals surface area (Å²) in [5.41, 5.74) is 3.37. The zero-order chi connectivity index (χ0) is 51.8. The van der Waals surface area contributed by atoms with Crippen molar-refractivity contribution in [3.63, 3.8) is 0 Å². The van der Waals surface area contributed by atoms with E-state index in [0.29, 0.717) is 39.0 Å². The van der Waals surface area contributed by atoms with Gasteiger partial charge in [-0.25, -0.2) is 4.79 Å². The fourth-order valence-corrected chi connectivity index (χ4v) is 9.98. The maximum absolute atomic E-state index is 13.4. The first kappa shape index (κ1) is 55.3. The smallest absolute Gasteiger partial charge is 0.410 e. The summed E-state index contributed by atoms with van der Waals surface area (Å²) < 4.78 is 11.2. The molecule has 0 atom stereocenters. The van der Waals surface area contributed by atoms with Crippen molar-refractivity contribution in [2.24, 2.45) is 0 Å². The van der Waals surface area contributed by atoms with Gasteiger partial charge in [0.05, 0.1) is 6.54 Å². The third kappa shape index (κ3) is 15.7. The van der Waals surface area contributed by atoms with Gasteiger partial charge < -0.3 is 29.5 Å². The summed E-state index contributed by atoms with van der Waals surface area (Å²) in [4.78, 5) is 57.6. The molecule has 6 aromatic rings. The predicted octanol–water partition coefficient (Wildman–Crippen LogP) is 14.2. The molecule has 0 saturated heterocycles. The number of amides is 3. The first-order chi connectivity index (χ1) is 34.4. The van der Waals surface area contributed by atoms with Crippen molar-refractivity contribution in [1.82, 2.24) is 20.0 Å². The first-order valence-corrected chi connectivity index (χ1v) is 26.6. The molecular formula is C62H82N4O6. The molecule has 6 rings (SSSR count). The molecule has 0 spiro atoms. The van der Waals surface area contributed by atoms with Crippen LogP contribution in [0.1, 0.15) is 154 Å². The van der Waals surface area contributed by atoms with E-state index in [1.807, 2.05) is 102 Å². The van der Waals surface area contributed by atoms with Gasteiger partial charge >= 0.3 is 12.1 Å². The van der Waals surface area contributed by atoms with E-state index in [0.717, 1.165) is 104 Å². The van der Waals surface area contributed by atoms with E-state index in [2.05, 4.69) is 66.0 Å². The third-order valence-corrected chi connectivity index (χ3v) is 13.6. The lowest BCUT2D eigenvalue weighted by Crippen LogP contribution is -2.34. The van der Waals surface area contributed by atoms with Crippen LogP contribution in [0.4, 0.5) is 4.79 Å². The number of rotatable bonds is 25. The van der Waals surface area contributed by atoms with Crippen LogP contribution < -0.4 is 5.32 Å². The highest BCUT2D eigenvalue weighted by atomic mass is 16.6. The van der Waals surface area contributed by atoms with Crippen LogP contribution in [0, 0.1) is 0 Å². The van der Waals surface area contributed by atoms with Gasteiger partial charge in [0.1, 0.15) is 11.2 Å². The number of carbonyl (C=O) groups excluding carboxylic acids is 4. The molecule has 0 heterocycles. The number of carbonyl (C=O) groups is 4. The highest BCUT2D eigenvalue weighted by molar-refractivity contribution is 6.07. The Bertz CT molecular complexity index is 2670. The van der Waals surface area contributed by atoms with Crippen LogP contribution in [0.5, 0.6) is 0 Å². The number of hydrogen-bond acceptors (Lipinski definition) is 7. The normalized spacial score (nSPS) is 11.9. The lowest BCUT2D eigenvalue weighted by atomic mass is 9.91. The minimum absolute atomic E-state index is 0.128. The van der Waals surface area contributed by atoms with Crippen LogP contribution in [-0.2, 0) is 50.0 Å². The number of nitrogens with one attached hydrogen (secondary N) is 1. The minimum atomic E-state index is -0.578. The standard InChI is InChI=1S/C62H82N4O6/c1-61(2,3)71-59(69)41-63-40-53-45-30-22-24-32-47(45)54(48-33-25-23-31-46(48)53)42-64(7)57(67)38-20-18-16-14-12-10-11-13-15-17-19-21-39-58(68)65(8)43-55-49-34-26-28-36-51(49)56(52-37-29-27-35-50(52)55)44-66(9)60(70)72-62(4,5)6/h22-37,63H,10-21,38-44H2,1-9H3. The van der Waals surface area contributed by atoms with Crippen LogP contribution in [0.3, 0.4) is 0 Å². The molecule has 0 saturated carbocycles. The zero-order valence-corrected chi connectivity index (χ0v) is 45.0. The summed E-state index contributed by atoms with van der Waals surface area (Å²) in [5.74, 6) is 0.0695. The highest BCUT2D eigenvalue weighted by Gasteiger charge is 2.24. The van der Waals surface area contributed by atoms with Crippen LogP contribution in [-0.4, -0.2) is 77.5 Å². The molecule has 0 aromatic heterocycles. The number of esters is 1. The van der Waals surface area contributed by atoms with E-state index in [9.17, 15) is 19.2 Å². The molecule has 72 heavy (non-hydrogen) atoms. The largest absolute Gasteiger partial charge is 0.459 e. The van der Waals surface area contributed by atoms with Crippen LogP contribution in [0.25, 0.3) is 43.1 Å². The topological polar surface area (TPSA) is 108 Å². The van der Waals surface area contributed by atoms with Crippen LogP contribution in [0.2, 0.25) is 0 Å². The van der Waals surface area contributed by atoms with Crippen LogP contribution in [0.15, 0.2) is 97.1 Å². The van der Waals surface area contributed by atoms with Gasteiger partial charge in [0, 0.05) is 60.2 Å². The second-order valence-corrected chi connectivity index (χ2v) is 21.9. The van der Waals surface area contributed by atoms with Gasteiger partial charge in [-0.15, -0.1) is 0 Å². The van der Waals surface area contributed by atoms with Gasteiger partial charge in [-0.3, -0.25) is 14.4 Å². The molecule has 0 radical (unpaired) electrons. The molecule has 6 aromatic carbocycles. The molecule has 10 heteroatoms. The number of hydrogen-bond donors (Lipinski definition) is 1. The second-order valence-electron chi connectivity index (χ2n) is 21.9. The van der Waals surface area contributed by atoms with Crippen molar-refractivity contribution >= 4 is 67.0 Å². The summed E-state index contributed by atoms with van der Waals surface area (Å²) in [6, 6.07) is 33.4. The van der Waals surface area contributed by atoms with E-state index in [4.69, 9.17) is 9.47 Å². The molecule has 0 aliphatic carbocycles. The number of benzene rings is 6.